The van der Waals surface area contributed by atoms with Gasteiger partial charge in [-0.1, -0.05) is 78.4 Å². The number of carbonyl (C=O) groups excluding carboxylic acids is 2. The van der Waals surface area contributed by atoms with Crippen LogP contribution in [0.3, 0.4) is 0 Å². The van der Waals surface area contributed by atoms with Gasteiger partial charge in [0.2, 0.25) is 5.28 Å². The summed E-state index contributed by atoms with van der Waals surface area (Å²) in [7, 11) is -3.40. The van der Waals surface area contributed by atoms with E-state index in [0.717, 1.165) is 33.5 Å². The molecular weight excluding hydrogens is 717 g/mol. The molecule has 0 saturated heterocycles. The number of benzene rings is 4. The highest BCUT2D eigenvalue weighted by molar-refractivity contribution is 7.90. The molecule has 4 aromatic carbocycles. The molecule has 0 saturated carbocycles. The van der Waals surface area contributed by atoms with Crippen LogP contribution in [0.15, 0.2) is 125 Å². The quantitative estimate of drug-likeness (QED) is 0.0485. The Bertz CT molecular complexity index is 2180. The fraction of sp³-hybridized carbons (Fsp3) is 0.194. The summed E-state index contributed by atoms with van der Waals surface area (Å²) in [6.45, 7) is 3.15. The monoisotopic (exact) mass is 750 g/mol. The number of ether oxygens (including phenoxy) is 1. The predicted molar refractivity (Wildman–Crippen MR) is 184 cm³/mol. The van der Waals surface area contributed by atoms with E-state index in [1.165, 1.54) is 38.2 Å². The Kier molecular flexibility index (Phi) is 11.5. The van der Waals surface area contributed by atoms with Crippen molar-refractivity contribution in [3.05, 3.63) is 143 Å². The molecule has 0 aliphatic rings. The van der Waals surface area contributed by atoms with Crippen molar-refractivity contribution in [3.8, 4) is 16.9 Å². The van der Waals surface area contributed by atoms with Gasteiger partial charge in [0, 0.05) is 18.9 Å². The Labute approximate surface area is 302 Å². The van der Waals surface area contributed by atoms with Crippen molar-refractivity contribution in [1.82, 2.24) is 19.5 Å². The lowest BCUT2D eigenvalue weighted by atomic mass is 10.1. The van der Waals surface area contributed by atoms with Crippen LogP contribution in [0.2, 0.25) is 0 Å². The van der Waals surface area contributed by atoms with Crippen molar-refractivity contribution < 1.29 is 45.7 Å². The fourth-order valence-corrected chi connectivity index (χ4v) is 6.02. The zero-order chi connectivity index (χ0) is 38.3. The first-order valence-electron chi connectivity index (χ1n) is 15.9. The molecule has 13 nitrogen and oxygen atoms in total. The Balaban J connectivity index is 1.35. The number of nitrogens with one attached hydrogen (secondary N) is 1. The molecule has 0 aliphatic heterocycles. The molecule has 53 heavy (non-hydrogen) atoms. The van der Waals surface area contributed by atoms with Gasteiger partial charge in [-0.05, 0) is 55.0 Å². The zero-order valence-electron chi connectivity index (χ0n) is 28.5. The van der Waals surface area contributed by atoms with Gasteiger partial charge in [-0.25, -0.2) is 22.6 Å². The second-order valence-electron chi connectivity index (χ2n) is 11.7. The van der Waals surface area contributed by atoms with Gasteiger partial charge >= 0.3 is 12.1 Å². The summed E-state index contributed by atoms with van der Waals surface area (Å²) >= 11 is 0. The molecule has 0 radical (unpaired) electrons. The summed E-state index contributed by atoms with van der Waals surface area (Å²) in [4.78, 5) is 30.4. The van der Waals surface area contributed by atoms with Gasteiger partial charge in [0.25, 0.3) is 22.2 Å². The van der Waals surface area contributed by atoms with Crippen LogP contribution in [0.5, 0.6) is 0 Å². The van der Waals surface area contributed by atoms with E-state index in [0.29, 0.717) is 11.1 Å². The molecule has 0 spiro atoms. The van der Waals surface area contributed by atoms with Crippen molar-refractivity contribution in [2.24, 2.45) is 5.28 Å². The Morgan fingerprint density at radius 1 is 0.962 bits per heavy atom. The molecule has 1 unspecified atom stereocenters. The number of esters is 1. The summed E-state index contributed by atoms with van der Waals surface area (Å²) in [6.07, 6.45) is -6.20. The molecule has 276 valence electrons. The van der Waals surface area contributed by atoms with Gasteiger partial charge < -0.3 is 9.94 Å². The van der Waals surface area contributed by atoms with E-state index in [1.807, 2.05) is 11.6 Å². The molecular formula is C36H33F3N6O7S. The topological polar surface area (TPSA) is 158 Å². The third-order valence-electron chi connectivity index (χ3n) is 7.82. The number of halogens is 3. The standard InChI is InChI=1S/C36H33F3N6O7S/c1-24-14-16-27(17-15-24)31-23-33(36(37,38)39)40-44(31)29-18-20-30(21-19-29)53(49,50)41-34(46)32(22-26-10-6-4-7-11-26)43(3)45(48)42-52-25(2)51-35(47)28-12-8-5-9-13-28/h4-21,23,25,32H,22H2,1-3H3,(H,41,46)/b45-42+/t25?,32-/m0/s1. The van der Waals surface area contributed by atoms with Crippen molar-refractivity contribution in [2.75, 3.05) is 7.05 Å². The van der Waals surface area contributed by atoms with E-state index in [2.05, 4.69) is 10.4 Å². The number of nitrogens with zero attached hydrogens (tertiary/aromatic N) is 5. The molecule has 1 aromatic heterocycles. The van der Waals surface area contributed by atoms with E-state index in [1.54, 1.807) is 72.8 Å². The minimum absolute atomic E-state index is 0.0909. The molecule has 1 amide bonds. The minimum Gasteiger partial charge on any atom is -0.569 e. The highest BCUT2D eigenvalue weighted by Gasteiger charge is 2.36. The Hall–Kier alpha value is -6.23. The normalized spacial score (nSPS) is 13.1. The van der Waals surface area contributed by atoms with Crippen molar-refractivity contribution >= 4 is 21.9 Å². The van der Waals surface area contributed by atoms with E-state index in [4.69, 9.17) is 9.57 Å². The number of hydrogen-bond donors (Lipinski definition) is 1. The van der Waals surface area contributed by atoms with Gasteiger partial charge in [0.1, 0.15) is 0 Å². The van der Waals surface area contributed by atoms with E-state index in [9.17, 15) is 36.4 Å². The Morgan fingerprint density at radius 2 is 1.57 bits per heavy atom. The van der Waals surface area contributed by atoms with Crippen LogP contribution in [0.25, 0.3) is 16.9 Å². The van der Waals surface area contributed by atoms with Crippen LogP contribution in [0, 0.1) is 12.1 Å². The number of aryl methyl sites for hydroxylation is 1. The summed E-state index contributed by atoms with van der Waals surface area (Å²) in [5, 5.41) is 20.9. The highest BCUT2D eigenvalue weighted by Crippen LogP contribution is 2.33. The number of hydrazine groups is 1. The van der Waals surface area contributed by atoms with Crippen LogP contribution in [-0.4, -0.2) is 59.4 Å². The highest BCUT2D eigenvalue weighted by atomic mass is 32.2. The molecule has 0 bridgehead atoms. The lowest BCUT2D eigenvalue weighted by Crippen LogP contribution is -2.50. The predicted octanol–water partition coefficient (Wildman–Crippen LogP) is 6.23. The SMILES string of the molecule is Cc1ccc(-c2cc(C(F)(F)F)nn2-c2ccc(S(=O)(=O)NC(=O)[C@H](Cc3ccccc3)N(C)/[N+]([O-])=N\OC(C)OC(=O)c3ccccc3)cc2)cc1. The number of carbonyl (C=O) groups is 2. The second kappa shape index (κ2) is 16.0. The smallest absolute Gasteiger partial charge is 0.435 e. The van der Waals surface area contributed by atoms with Crippen LogP contribution in [0.4, 0.5) is 13.2 Å². The second-order valence-corrected chi connectivity index (χ2v) is 13.4. The Morgan fingerprint density at radius 3 is 2.17 bits per heavy atom. The molecule has 5 rings (SSSR count). The summed E-state index contributed by atoms with van der Waals surface area (Å²) in [6, 6.07) is 27.4. The van der Waals surface area contributed by atoms with E-state index < -0.39 is 51.0 Å². The number of amides is 1. The maximum atomic E-state index is 13.7. The molecule has 17 heteroatoms. The summed E-state index contributed by atoms with van der Waals surface area (Å²) in [5.41, 5.74) is 1.25. The van der Waals surface area contributed by atoms with Crippen LogP contribution in [-0.2, 0) is 37.0 Å². The lowest BCUT2D eigenvalue weighted by Gasteiger charge is -2.23. The van der Waals surface area contributed by atoms with Crippen molar-refractivity contribution in [3.63, 3.8) is 0 Å². The minimum atomic E-state index is -4.74. The summed E-state index contributed by atoms with van der Waals surface area (Å²) < 4.78 is 75.9. The van der Waals surface area contributed by atoms with Gasteiger partial charge in [0.15, 0.2) is 11.7 Å². The zero-order valence-corrected chi connectivity index (χ0v) is 29.3. The van der Waals surface area contributed by atoms with Gasteiger partial charge in [-0.3, -0.25) is 9.63 Å². The van der Waals surface area contributed by atoms with Gasteiger partial charge in [-0.15, -0.1) is 5.01 Å². The van der Waals surface area contributed by atoms with E-state index in [-0.39, 0.29) is 28.3 Å². The molecule has 1 N–H and O–H groups in total. The van der Waals surface area contributed by atoms with Crippen LogP contribution in [0.1, 0.15) is 34.1 Å². The maximum absolute atomic E-state index is 13.7. The largest absolute Gasteiger partial charge is 0.569 e. The number of rotatable bonds is 13. The third kappa shape index (κ3) is 9.56. The molecule has 5 aromatic rings. The van der Waals surface area contributed by atoms with Crippen LogP contribution < -0.4 is 4.72 Å². The molecule has 0 aliphatic carbocycles. The average Bonchev–Trinajstić information content (AvgIpc) is 3.60. The first-order chi connectivity index (χ1) is 25.1. The third-order valence-corrected chi connectivity index (χ3v) is 9.18. The van der Waals surface area contributed by atoms with E-state index >= 15 is 0 Å². The molecule has 0 fully saturated rings. The first kappa shape index (κ1) is 38.0. The number of aromatic nitrogens is 2. The van der Waals surface area contributed by atoms with Gasteiger partial charge in [-0.2, -0.15) is 18.3 Å². The van der Waals surface area contributed by atoms with Gasteiger partial charge in [0.05, 0.1) is 33.9 Å². The van der Waals surface area contributed by atoms with Crippen molar-refractivity contribution in [2.45, 2.75) is 43.7 Å². The lowest BCUT2D eigenvalue weighted by molar-refractivity contribution is -0.712. The summed E-state index contributed by atoms with van der Waals surface area (Å²) in [5.74, 6) is -1.84. The number of hydrogen-bond acceptors (Lipinski definition) is 9. The molecule has 2 atom stereocenters. The van der Waals surface area contributed by atoms with Crippen molar-refractivity contribution in [1.29, 1.82) is 0 Å². The average molecular weight is 751 g/mol. The van der Waals surface area contributed by atoms with Crippen LogP contribution >= 0.6 is 0 Å². The number of sulfonamides is 1. The fourth-order valence-electron chi connectivity index (χ4n) is 5.00. The molecule has 1 heterocycles. The maximum Gasteiger partial charge on any atom is 0.435 e. The first-order valence-corrected chi connectivity index (χ1v) is 17.4. The number of likely N-dealkylation sites (N-methyl/N-ethyl adjacent to an activating group) is 1. The number of alkyl halides is 3.